The lowest BCUT2D eigenvalue weighted by molar-refractivity contribution is -0.274. The van der Waals surface area contributed by atoms with Gasteiger partial charge in [0.1, 0.15) is 17.8 Å². The molecule has 0 aliphatic carbocycles. The molecular weight excluding hydrogens is 558 g/mol. The minimum Gasteiger partial charge on any atom is -0.406 e. The Morgan fingerprint density at radius 1 is 1.34 bits per heavy atom. The lowest BCUT2D eigenvalue weighted by atomic mass is 10.1. The van der Waals surface area contributed by atoms with E-state index in [0.717, 1.165) is 9.39 Å². The molecule has 4 rings (SSSR count). The van der Waals surface area contributed by atoms with Crippen molar-refractivity contribution in [1.82, 2.24) is 23.1 Å². The van der Waals surface area contributed by atoms with E-state index in [1.807, 2.05) is 26.9 Å². The molecular formula is C20H19F3IN5O2S. The van der Waals surface area contributed by atoms with Crippen LogP contribution in [0, 0.1) is 3.70 Å². The molecule has 0 radical (unpaired) electrons. The third kappa shape index (κ3) is 4.91. The van der Waals surface area contributed by atoms with E-state index in [1.165, 1.54) is 30.3 Å². The molecule has 0 bridgehead atoms. The molecule has 1 aliphatic rings. The number of amides is 1. The van der Waals surface area contributed by atoms with Crippen LogP contribution in [0.25, 0.3) is 11.1 Å². The van der Waals surface area contributed by atoms with Gasteiger partial charge in [-0.05, 0) is 60.4 Å². The molecule has 1 amide bonds. The van der Waals surface area contributed by atoms with Crippen molar-refractivity contribution in [3.8, 4) is 16.9 Å². The van der Waals surface area contributed by atoms with Gasteiger partial charge >= 0.3 is 6.36 Å². The maximum atomic E-state index is 12.6. The molecule has 1 N–H and O–H groups in total. The van der Waals surface area contributed by atoms with Crippen molar-refractivity contribution >= 4 is 40.6 Å². The molecule has 12 heteroatoms. The second kappa shape index (κ2) is 8.98. The minimum absolute atomic E-state index is 0.0730. The highest BCUT2D eigenvalue weighted by molar-refractivity contribution is 14.1. The van der Waals surface area contributed by atoms with Gasteiger partial charge in [0.2, 0.25) is 0 Å². The Balaban J connectivity index is 1.69. The Kier molecular flexibility index (Phi) is 6.45. The number of benzene rings is 1. The maximum Gasteiger partial charge on any atom is 0.573 e. The molecule has 1 aliphatic heterocycles. The highest BCUT2D eigenvalue weighted by Gasteiger charge is 2.32. The predicted octanol–water partition coefficient (Wildman–Crippen LogP) is 4.35. The number of ether oxygens (including phenoxy) is 1. The van der Waals surface area contributed by atoms with Crippen LogP contribution >= 0.6 is 34.7 Å². The fraction of sp³-hybridized carbons (Fsp3) is 0.300. The molecule has 3 aromatic rings. The quantitative estimate of drug-likeness (QED) is 0.349. The second-order valence-corrected chi connectivity index (χ2v) is 9.66. The van der Waals surface area contributed by atoms with Gasteiger partial charge in [-0.3, -0.25) is 8.77 Å². The van der Waals surface area contributed by atoms with Crippen molar-refractivity contribution in [2.45, 2.75) is 18.8 Å². The second-order valence-electron chi connectivity index (χ2n) is 7.35. The van der Waals surface area contributed by atoms with Crippen LogP contribution in [0.4, 0.5) is 13.2 Å². The van der Waals surface area contributed by atoms with E-state index in [4.69, 9.17) is 0 Å². The Morgan fingerprint density at radius 2 is 2.12 bits per heavy atom. The van der Waals surface area contributed by atoms with Crippen molar-refractivity contribution in [2.75, 3.05) is 20.6 Å². The highest BCUT2D eigenvalue weighted by atomic mass is 127. The first kappa shape index (κ1) is 23.0. The summed E-state index contributed by atoms with van der Waals surface area (Å²) in [6.07, 6.45) is -0.623. The number of carbonyl (C=O) groups is 1. The number of carbonyl (C=O) groups excluding carboxylic acids is 1. The predicted molar refractivity (Wildman–Crippen MR) is 123 cm³/mol. The van der Waals surface area contributed by atoms with Crippen LogP contribution in [-0.2, 0) is 6.42 Å². The molecule has 1 aromatic carbocycles. The van der Waals surface area contributed by atoms with E-state index in [2.05, 4.69) is 37.6 Å². The number of rotatable bonds is 6. The fourth-order valence-corrected chi connectivity index (χ4v) is 5.39. The summed E-state index contributed by atoms with van der Waals surface area (Å²) in [7, 11) is 3.87. The number of hydrogen-bond donors (Lipinski definition) is 1. The molecule has 0 fully saturated rings. The molecule has 0 saturated carbocycles. The zero-order valence-electron chi connectivity index (χ0n) is 17.1. The van der Waals surface area contributed by atoms with E-state index in [0.29, 0.717) is 29.8 Å². The van der Waals surface area contributed by atoms with Gasteiger partial charge in [0.15, 0.2) is 0 Å². The van der Waals surface area contributed by atoms with Crippen molar-refractivity contribution in [3.05, 3.63) is 57.9 Å². The summed E-state index contributed by atoms with van der Waals surface area (Å²) in [5.41, 5.74) is 2.67. The first-order valence-electron chi connectivity index (χ1n) is 9.54. The van der Waals surface area contributed by atoms with E-state index < -0.39 is 6.36 Å². The van der Waals surface area contributed by atoms with Gasteiger partial charge < -0.3 is 14.6 Å². The van der Waals surface area contributed by atoms with Crippen LogP contribution in [0.5, 0.6) is 5.75 Å². The number of fused-ring (bicyclic) bond motifs is 1. The Bertz CT molecular complexity index is 1140. The van der Waals surface area contributed by atoms with Gasteiger partial charge in [0, 0.05) is 36.9 Å². The van der Waals surface area contributed by atoms with Crippen LogP contribution < -0.4 is 10.1 Å². The third-order valence-electron chi connectivity index (χ3n) is 4.82. The fourth-order valence-electron chi connectivity index (χ4n) is 3.60. The van der Waals surface area contributed by atoms with Crippen molar-refractivity contribution in [2.24, 2.45) is 0 Å². The summed E-state index contributed by atoms with van der Waals surface area (Å²) in [6, 6.07) is 7.41. The number of nitrogens with zero attached hydrogens (tertiary/aromatic N) is 4. The largest absolute Gasteiger partial charge is 0.573 e. The molecule has 3 heterocycles. The summed E-state index contributed by atoms with van der Waals surface area (Å²) < 4.78 is 48.6. The lowest BCUT2D eigenvalue weighted by Crippen LogP contribution is -2.40. The van der Waals surface area contributed by atoms with E-state index in [9.17, 15) is 18.0 Å². The van der Waals surface area contributed by atoms with Crippen molar-refractivity contribution in [3.63, 3.8) is 0 Å². The van der Waals surface area contributed by atoms with Gasteiger partial charge in [0.05, 0.1) is 15.4 Å². The summed E-state index contributed by atoms with van der Waals surface area (Å²) in [6.45, 7) is 0.436. The van der Waals surface area contributed by atoms with E-state index >= 15 is 0 Å². The maximum absolute atomic E-state index is 12.6. The van der Waals surface area contributed by atoms with Gasteiger partial charge in [-0.1, -0.05) is 12.1 Å². The summed E-state index contributed by atoms with van der Waals surface area (Å²) in [5, 5.41) is 2.91. The molecule has 1 atom stereocenters. The third-order valence-corrected chi connectivity index (χ3v) is 6.76. The standard InChI is InChI=1S/C20H19F3IN5O2S/c1-27(2)32-28-11-25-9-13(28)7-14-10-26-19(30)17-8-16(18(24)29(14)17)12-4-3-5-15(6-12)31-20(21,22)23/h3-6,8-9,11,14H,7,10H2,1-2H3,(H,26,30)/t14-/m0/s1. The Morgan fingerprint density at radius 3 is 2.84 bits per heavy atom. The van der Waals surface area contributed by atoms with Crippen molar-refractivity contribution in [1.29, 1.82) is 0 Å². The molecule has 0 spiro atoms. The molecule has 170 valence electrons. The number of aromatic nitrogens is 3. The van der Waals surface area contributed by atoms with Gasteiger partial charge in [0.25, 0.3) is 5.91 Å². The molecule has 7 nitrogen and oxygen atoms in total. The molecule has 2 aromatic heterocycles. The zero-order valence-corrected chi connectivity index (χ0v) is 20.0. The smallest absolute Gasteiger partial charge is 0.406 e. The Hall–Kier alpha value is -2.19. The zero-order chi connectivity index (χ0) is 23.0. The summed E-state index contributed by atoms with van der Waals surface area (Å²) in [5.74, 6) is -0.523. The minimum atomic E-state index is -4.77. The average Bonchev–Trinajstić information content (AvgIpc) is 3.27. The summed E-state index contributed by atoms with van der Waals surface area (Å²) in [4.78, 5) is 16.8. The normalized spacial score (nSPS) is 16.2. The molecule has 0 saturated heterocycles. The van der Waals surface area contributed by atoms with Crippen molar-refractivity contribution < 1.29 is 22.7 Å². The van der Waals surface area contributed by atoms with Gasteiger partial charge in [-0.15, -0.1) is 13.2 Å². The number of alkyl halides is 3. The van der Waals surface area contributed by atoms with Gasteiger partial charge in [-0.2, -0.15) is 0 Å². The van der Waals surface area contributed by atoms with E-state index in [1.54, 1.807) is 24.7 Å². The van der Waals surface area contributed by atoms with Crippen LogP contribution in [0.1, 0.15) is 22.2 Å². The molecule has 0 unspecified atom stereocenters. The topological polar surface area (TPSA) is 64.3 Å². The first-order valence-corrected chi connectivity index (χ1v) is 11.4. The highest BCUT2D eigenvalue weighted by Crippen LogP contribution is 2.36. The SMILES string of the molecule is CN(C)Sn1cncc1C[C@H]1CNC(=O)c2cc(-c3cccc(OC(F)(F)F)c3)c(I)n21. The monoisotopic (exact) mass is 577 g/mol. The number of nitrogens with one attached hydrogen (secondary N) is 1. The number of halogens is 4. The average molecular weight is 577 g/mol. The van der Waals surface area contributed by atoms with E-state index in [-0.39, 0.29) is 17.7 Å². The number of imidazole rings is 1. The lowest BCUT2D eigenvalue weighted by Gasteiger charge is -2.27. The molecule has 32 heavy (non-hydrogen) atoms. The Labute approximate surface area is 200 Å². The van der Waals surface area contributed by atoms with Gasteiger partial charge in [-0.25, -0.2) is 9.29 Å². The van der Waals surface area contributed by atoms with Crippen LogP contribution in [0.15, 0.2) is 42.9 Å². The van der Waals surface area contributed by atoms with Crippen LogP contribution in [0.3, 0.4) is 0 Å². The van der Waals surface area contributed by atoms with Crippen LogP contribution in [-0.4, -0.2) is 50.7 Å². The van der Waals surface area contributed by atoms with Crippen LogP contribution in [0.2, 0.25) is 0 Å². The number of hydrogen-bond acceptors (Lipinski definition) is 5. The first-order chi connectivity index (χ1) is 15.1. The summed E-state index contributed by atoms with van der Waals surface area (Å²) >= 11 is 3.64.